The summed E-state index contributed by atoms with van der Waals surface area (Å²) in [6.07, 6.45) is 5.18. The van der Waals surface area contributed by atoms with E-state index in [2.05, 4.69) is 52.6 Å². The summed E-state index contributed by atoms with van der Waals surface area (Å²) in [6.45, 7) is 9.55. The molecule has 1 unspecified atom stereocenters. The number of methoxy groups -OCH3 is 1. The zero-order valence-electron chi connectivity index (χ0n) is 18.1. The van der Waals surface area contributed by atoms with Gasteiger partial charge in [-0.25, -0.2) is 0 Å². The third-order valence-electron chi connectivity index (χ3n) is 5.29. The summed E-state index contributed by atoms with van der Waals surface area (Å²) >= 11 is 0. The van der Waals surface area contributed by atoms with Crippen molar-refractivity contribution in [3.05, 3.63) is 29.3 Å². The van der Waals surface area contributed by atoms with Crippen molar-refractivity contribution in [2.75, 3.05) is 47.0 Å². The minimum absolute atomic E-state index is 0.550. The fraction of sp³-hybridized carbons (Fsp3) is 0.682. The van der Waals surface area contributed by atoms with Gasteiger partial charge in [0.25, 0.3) is 0 Å². The first kappa shape index (κ1) is 22.5. The van der Waals surface area contributed by atoms with Gasteiger partial charge in [-0.2, -0.15) is 0 Å². The van der Waals surface area contributed by atoms with E-state index < -0.39 is 0 Å². The van der Waals surface area contributed by atoms with Crippen molar-refractivity contribution in [3.8, 4) is 5.75 Å². The van der Waals surface area contributed by atoms with Crippen molar-refractivity contribution in [3.63, 3.8) is 0 Å². The number of likely N-dealkylation sites (tertiary alicyclic amines) is 1. The van der Waals surface area contributed by atoms with Crippen LogP contribution in [0.25, 0.3) is 0 Å². The molecule has 1 heterocycles. The van der Waals surface area contributed by atoms with Crippen molar-refractivity contribution < 1.29 is 9.47 Å². The Morgan fingerprint density at radius 3 is 2.86 bits per heavy atom. The van der Waals surface area contributed by atoms with Crippen LogP contribution in [0.2, 0.25) is 0 Å². The molecule has 1 aromatic rings. The minimum atomic E-state index is 0.550. The van der Waals surface area contributed by atoms with Crippen molar-refractivity contribution >= 4 is 5.96 Å². The summed E-state index contributed by atoms with van der Waals surface area (Å²) in [7, 11) is 3.50. The topological polar surface area (TPSA) is 58.1 Å². The molecule has 6 nitrogen and oxygen atoms in total. The number of guanidine groups is 1. The van der Waals surface area contributed by atoms with E-state index in [1.165, 1.54) is 31.4 Å². The number of nitrogens with zero attached hydrogens (tertiary/aromatic N) is 2. The lowest BCUT2D eigenvalue weighted by Crippen LogP contribution is -2.41. The average Bonchev–Trinajstić information content (AvgIpc) is 2.70. The predicted molar refractivity (Wildman–Crippen MR) is 116 cm³/mol. The van der Waals surface area contributed by atoms with E-state index in [1.54, 1.807) is 7.11 Å². The van der Waals surface area contributed by atoms with Gasteiger partial charge < -0.3 is 25.0 Å². The second kappa shape index (κ2) is 12.6. The molecule has 2 rings (SSSR count). The number of ether oxygens (including phenoxy) is 2. The first-order valence-corrected chi connectivity index (χ1v) is 10.5. The molecule has 0 spiro atoms. The van der Waals surface area contributed by atoms with Gasteiger partial charge in [-0.1, -0.05) is 18.6 Å². The number of aryl methyl sites for hydroxylation is 1. The van der Waals surface area contributed by atoms with Crippen LogP contribution in [0.4, 0.5) is 0 Å². The summed E-state index contributed by atoms with van der Waals surface area (Å²) < 4.78 is 11.0. The predicted octanol–water partition coefficient (Wildman–Crippen LogP) is 2.95. The van der Waals surface area contributed by atoms with Crippen LogP contribution in [0.5, 0.6) is 5.75 Å². The molecule has 28 heavy (non-hydrogen) atoms. The SMILES string of the molecule is CN=C(NCCCN1CCCCC1C)NCc1ccc(C)cc1OCCOC. The maximum absolute atomic E-state index is 5.87. The van der Waals surface area contributed by atoms with Crippen LogP contribution in [-0.4, -0.2) is 63.9 Å². The molecule has 1 saturated heterocycles. The lowest BCUT2D eigenvalue weighted by molar-refractivity contribution is 0.145. The summed E-state index contributed by atoms with van der Waals surface area (Å²) in [5.41, 5.74) is 2.30. The van der Waals surface area contributed by atoms with Crippen LogP contribution >= 0.6 is 0 Å². The third-order valence-corrected chi connectivity index (χ3v) is 5.29. The molecule has 1 atom stereocenters. The Morgan fingerprint density at radius 1 is 1.25 bits per heavy atom. The maximum Gasteiger partial charge on any atom is 0.191 e. The number of aliphatic imine (C=N–C) groups is 1. The van der Waals surface area contributed by atoms with Gasteiger partial charge in [0.15, 0.2) is 5.96 Å². The maximum atomic E-state index is 5.87. The van der Waals surface area contributed by atoms with E-state index in [1.807, 2.05) is 7.05 Å². The van der Waals surface area contributed by atoms with E-state index in [0.29, 0.717) is 19.8 Å². The van der Waals surface area contributed by atoms with Crippen molar-refractivity contribution in [1.82, 2.24) is 15.5 Å². The number of benzene rings is 1. The van der Waals surface area contributed by atoms with Crippen LogP contribution in [0.3, 0.4) is 0 Å². The Hall–Kier alpha value is -1.79. The Balaban J connectivity index is 1.75. The summed E-state index contributed by atoms with van der Waals surface area (Å²) in [5.74, 6) is 1.73. The number of nitrogens with one attached hydrogen (secondary N) is 2. The highest BCUT2D eigenvalue weighted by atomic mass is 16.5. The lowest BCUT2D eigenvalue weighted by Gasteiger charge is -2.33. The van der Waals surface area contributed by atoms with E-state index >= 15 is 0 Å². The van der Waals surface area contributed by atoms with Crippen LogP contribution < -0.4 is 15.4 Å². The summed E-state index contributed by atoms with van der Waals surface area (Å²) in [6, 6.07) is 7.01. The smallest absolute Gasteiger partial charge is 0.191 e. The summed E-state index contributed by atoms with van der Waals surface area (Å²) in [5, 5.41) is 6.83. The fourth-order valence-electron chi connectivity index (χ4n) is 3.56. The fourth-order valence-corrected chi connectivity index (χ4v) is 3.56. The average molecular weight is 391 g/mol. The zero-order chi connectivity index (χ0) is 20.2. The van der Waals surface area contributed by atoms with Gasteiger partial charge in [0.05, 0.1) is 6.61 Å². The van der Waals surface area contributed by atoms with E-state index in [9.17, 15) is 0 Å². The summed E-state index contributed by atoms with van der Waals surface area (Å²) in [4.78, 5) is 6.95. The van der Waals surface area contributed by atoms with Crippen LogP contribution in [0.15, 0.2) is 23.2 Å². The molecule has 1 fully saturated rings. The van der Waals surface area contributed by atoms with Gasteiger partial charge in [0.1, 0.15) is 12.4 Å². The van der Waals surface area contributed by atoms with Crippen LogP contribution in [0, 0.1) is 6.92 Å². The largest absolute Gasteiger partial charge is 0.491 e. The molecular weight excluding hydrogens is 352 g/mol. The number of hydrogen-bond acceptors (Lipinski definition) is 4. The van der Waals surface area contributed by atoms with E-state index in [4.69, 9.17) is 9.47 Å². The highest BCUT2D eigenvalue weighted by Gasteiger charge is 2.17. The molecule has 158 valence electrons. The monoisotopic (exact) mass is 390 g/mol. The molecule has 2 N–H and O–H groups in total. The van der Waals surface area contributed by atoms with Gasteiger partial charge >= 0.3 is 0 Å². The lowest BCUT2D eigenvalue weighted by atomic mass is 10.0. The number of hydrogen-bond donors (Lipinski definition) is 2. The third kappa shape index (κ3) is 7.68. The van der Waals surface area contributed by atoms with Crippen LogP contribution in [0.1, 0.15) is 43.7 Å². The zero-order valence-corrected chi connectivity index (χ0v) is 18.1. The molecule has 6 heteroatoms. The van der Waals surface area contributed by atoms with Crippen molar-refractivity contribution in [1.29, 1.82) is 0 Å². The number of rotatable bonds is 10. The molecule has 0 amide bonds. The highest BCUT2D eigenvalue weighted by Crippen LogP contribution is 2.20. The van der Waals surface area contributed by atoms with Gasteiger partial charge in [-0.3, -0.25) is 4.99 Å². The molecule has 0 aromatic heterocycles. The first-order chi connectivity index (χ1) is 13.6. The van der Waals surface area contributed by atoms with E-state index in [0.717, 1.165) is 42.8 Å². The molecule has 0 bridgehead atoms. The van der Waals surface area contributed by atoms with Gasteiger partial charge in [0.2, 0.25) is 0 Å². The molecule has 1 aliphatic rings. The highest BCUT2D eigenvalue weighted by molar-refractivity contribution is 5.79. The Labute approximate surface area is 170 Å². The minimum Gasteiger partial charge on any atom is -0.491 e. The normalized spacial score (nSPS) is 18.1. The van der Waals surface area contributed by atoms with E-state index in [-0.39, 0.29) is 0 Å². The number of piperidine rings is 1. The van der Waals surface area contributed by atoms with Crippen molar-refractivity contribution in [2.45, 2.75) is 52.1 Å². The molecular formula is C22H38N4O2. The standard InChI is InChI=1S/C22H38N4O2/c1-18-9-10-20(21(16-18)28-15-14-27-4)17-25-22(23-3)24-11-7-13-26-12-6-5-8-19(26)2/h9-10,16,19H,5-8,11-15,17H2,1-4H3,(H2,23,24,25). The second-order valence-corrected chi connectivity index (χ2v) is 7.54. The van der Waals surface area contributed by atoms with Gasteiger partial charge in [-0.15, -0.1) is 0 Å². The molecule has 0 saturated carbocycles. The Bertz CT molecular complexity index is 606. The van der Waals surface area contributed by atoms with Crippen LogP contribution in [-0.2, 0) is 11.3 Å². The first-order valence-electron chi connectivity index (χ1n) is 10.5. The Kier molecular flexibility index (Phi) is 10.1. The molecule has 1 aromatic carbocycles. The Morgan fingerprint density at radius 2 is 2.11 bits per heavy atom. The molecule has 1 aliphatic heterocycles. The quantitative estimate of drug-likeness (QED) is 0.365. The molecule has 0 radical (unpaired) electrons. The van der Waals surface area contributed by atoms with Gasteiger partial charge in [-0.05, 0) is 51.3 Å². The second-order valence-electron chi connectivity index (χ2n) is 7.54. The van der Waals surface area contributed by atoms with Crippen molar-refractivity contribution in [2.24, 2.45) is 4.99 Å². The molecule has 0 aliphatic carbocycles. The van der Waals surface area contributed by atoms with Gasteiger partial charge in [0, 0.05) is 45.4 Å².